The third-order valence-corrected chi connectivity index (χ3v) is 3.95. The molecule has 0 bridgehead atoms. The summed E-state index contributed by atoms with van der Waals surface area (Å²) in [5.74, 6) is -0.0508. The van der Waals surface area contributed by atoms with Crippen molar-refractivity contribution in [2.45, 2.75) is 6.92 Å². The van der Waals surface area contributed by atoms with Gasteiger partial charge in [-0.2, -0.15) is 9.90 Å². The Morgan fingerprint density at radius 2 is 1.89 bits per heavy atom. The van der Waals surface area contributed by atoms with E-state index in [1.54, 1.807) is 25.1 Å². The molecule has 0 aliphatic carbocycles. The number of amides is 1. The van der Waals surface area contributed by atoms with Crippen LogP contribution in [-0.2, 0) is 9.53 Å². The quantitative estimate of drug-likeness (QED) is 0.676. The van der Waals surface area contributed by atoms with Crippen LogP contribution in [0.4, 0.5) is 5.69 Å². The highest BCUT2D eigenvalue weighted by atomic mass is 16.7. The maximum atomic E-state index is 12.3. The highest BCUT2D eigenvalue weighted by Gasteiger charge is 2.19. The number of esters is 1. The molecule has 1 amide bonds. The lowest BCUT2D eigenvalue weighted by Gasteiger charge is -2.06. The molecule has 0 unspecified atom stereocenters. The second kappa shape index (κ2) is 7.39. The molecule has 0 radical (unpaired) electrons. The zero-order chi connectivity index (χ0) is 19.5. The van der Waals surface area contributed by atoms with Gasteiger partial charge < -0.3 is 19.5 Å². The van der Waals surface area contributed by atoms with Crippen molar-refractivity contribution in [1.29, 1.82) is 0 Å². The Morgan fingerprint density at radius 1 is 1.11 bits per heavy atom. The van der Waals surface area contributed by atoms with E-state index in [0.717, 1.165) is 0 Å². The summed E-state index contributed by atoms with van der Waals surface area (Å²) in [4.78, 5) is 25.7. The van der Waals surface area contributed by atoms with Gasteiger partial charge in [0.1, 0.15) is 0 Å². The predicted molar refractivity (Wildman–Crippen MR) is 97.6 cm³/mol. The molecule has 2 heterocycles. The molecule has 1 N–H and O–H groups in total. The number of hydrogen-bond acceptors (Lipinski definition) is 7. The van der Waals surface area contributed by atoms with Crippen molar-refractivity contribution in [1.82, 2.24) is 15.0 Å². The number of ether oxygens (including phenoxy) is 3. The summed E-state index contributed by atoms with van der Waals surface area (Å²) >= 11 is 0. The van der Waals surface area contributed by atoms with Gasteiger partial charge in [-0.25, -0.2) is 4.79 Å². The number of carbonyl (C=O) groups excluding carboxylic acids is 2. The second-order valence-electron chi connectivity index (χ2n) is 5.95. The van der Waals surface area contributed by atoms with Crippen molar-refractivity contribution in [2.75, 3.05) is 18.7 Å². The van der Waals surface area contributed by atoms with Gasteiger partial charge in [0.25, 0.3) is 5.91 Å². The van der Waals surface area contributed by atoms with Crippen LogP contribution in [-0.4, -0.2) is 40.3 Å². The Labute approximate surface area is 159 Å². The van der Waals surface area contributed by atoms with Crippen LogP contribution in [0, 0.1) is 6.92 Å². The van der Waals surface area contributed by atoms with E-state index in [4.69, 9.17) is 14.2 Å². The molecule has 9 heteroatoms. The molecule has 0 saturated heterocycles. The number of fused-ring (bicyclic) bond motifs is 1. The number of nitrogens with zero attached hydrogens (tertiary/aromatic N) is 3. The third kappa shape index (κ3) is 3.63. The van der Waals surface area contributed by atoms with E-state index in [1.165, 1.54) is 4.80 Å². The minimum Gasteiger partial charge on any atom is -0.454 e. The molecule has 0 fully saturated rings. The lowest BCUT2D eigenvalue weighted by Crippen LogP contribution is -2.21. The van der Waals surface area contributed by atoms with Gasteiger partial charge in [0.05, 0.1) is 11.4 Å². The number of nitrogens with one attached hydrogen (secondary N) is 1. The van der Waals surface area contributed by atoms with Crippen LogP contribution >= 0.6 is 0 Å². The van der Waals surface area contributed by atoms with Crippen molar-refractivity contribution >= 4 is 17.6 Å². The first kappa shape index (κ1) is 17.5. The molecule has 0 saturated carbocycles. The normalized spacial score (nSPS) is 11.9. The molecular formula is C19H16N4O5. The van der Waals surface area contributed by atoms with Crippen LogP contribution in [0.25, 0.3) is 5.69 Å². The number of anilines is 1. The minimum atomic E-state index is -0.722. The SMILES string of the molecule is Cc1nn(-c2ccccc2)nc1C(=O)OCC(=O)Nc1ccc2c(c1)OCO2. The molecule has 1 aliphatic rings. The van der Waals surface area contributed by atoms with Gasteiger partial charge >= 0.3 is 5.97 Å². The molecule has 0 spiro atoms. The average molecular weight is 380 g/mol. The van der Waals surface area contributed by atoms with E-state index in [0.29, 0.717) is 28.6 Å². The molecule has 28 heavy (non-hydrogen) atoms. The summed E-state index contributed by atoms with van der Waals surface area (Å²) in [5, 5.41) is 11.0. The second-order valence-corrected chi connectivity index (χ2v) is 5.95. The summed E-state index contributed by atoms with van der Waals surface area (Å²) in [6.45, 7) is 1.34. The number of para-hydroxylation sites is 1. The largest absolute Gasteiger partial charge is 0.454 e. The van der Waals surface area contributed by atoms with Crippen LogP contribution in [0.1, 0.15) is 16.2 Å². The lowest BCUT2D eigenvalue weighted by atomic mass is 10.3. The summed E-state index contributed by atoms with van der Waals surface area (Å²) < 4.78 is 15.5. The molecular weight excluding hydrogens is 364 g/mol. The minimum absolute atomic E-state index is 0.0553. The van der Waals surface area contributed by atoms with Crippen molar-refractivity contribution in [3.63, 3.8) is 0 Å². The lowest BCUT2D eigenvalue weighted by molar-refractivity contribution is -0.119. The fourth-order valence-corrected chi connectivity index (χ4v) is 2.62. The third-order valence-electron chi connectivity index (χ3n) is 3.95. The van der Waals surface area contributed by atoms with E-state index in [9.17, 15) is 9.59 Å². The van der Waals surface area contributed by atoms with Crippen LogP contribution < -0.4 is 14.8 Å². The topological polar surface area (TPSA) is 105 Å². The van der Waals surface area contributed by atoms with E-state index in [1.807, 2.05) is 30.3 Å². The standard InChI is InChI=1S/C19H16N4O5/c1-12-18(22-23(21-12)14-5-3-2-4-6-14)19(25)26-10-17(24)20-13-7-8-15-16(9-13)28-11-27-15/h2-9H,10-11H2,1H3,(H,20,24). The number of benzene rings is 2. The number of carbonyl (C=O) groups is 2. The molecule has 0 atom stereocenters. The number of aromatic nitrogens is 3. The Hall–Kier alpha value is -3.88. The van der Waals surface area contributed by atoms with Gasteiger partial charge in [0.2, 0.25) is 6.79 Å². The van der Waals surface area contributed by atoms with Gasteiger partial charge in [-0.3, -0.25) is 4.79 Å². The molecule has 2 aromatic carbocycles. The van der Waals surface area contributed by atoms with Crippen molar-refractivity contribution in [3.8, 4) is 17.2 Å². The molecule has 1 aromatic heterocycles. The Kier molecular flexibility index (Phi) is 4.63. The summed E-state index contributed by atoms with van der Waals surface area (Å²) in [6, 6.07) is 14.2. The van der Waals surface area contributed by atoms with E-state index >= 15 is 0 Å². The first-order chi connectivity index (χ1) is 13.6. The molecule has 1 aliphatic heterocycles. The van der Waals surface area contributed by atoms with Crippen molar-refractivity contribution in [3.05, 3.63) is 59.9 Å². The van der Waals surface area contributed by atoms with Crippen molar-refractivity contribution in [2.24, 2.45) is 0 Å². The molecule has 9 nitrogen and oxygen atoms in total. The van der Waals surface area contributed by atoms with Gasteiger partial charge in [-0.05, 0) is 31.2 Å². The van der Waals surface area contributed by atoms with Gasteiger partial charge in [0.15, 0.2) is 23.8 Å². The molecule has 3 aromatic rings. The van der Waals surface area contributed by atoms with E-state index in [2.05, 4.69) is 15.5 Å². The van der Waals surface area contributed by atoms with Gasteiger partial charge in [-0.15, -0.1) is 5.10 Å². The fraction of sp³-hybridized carbons (Fsp3) is 0.158. The maximum Gasteiger partial charge on any atom is 0.361 e. The molecule has 4 rings (SSSR count). The number of aryl methyl sites for hydroxylation is 1. The highest BCUT2D eigenvalue weighted by Crippen LogP contribution is 2.34. The maximum absolute atomic E-state index is 12.3. The first-order valence-electron chi connectivity index (χ1n) is 8.46. The van der Waals surface area contributed by atoms with E-state index < -0.39 is 18.5 Å². The van der Waals surface area contributed by atoms with Gasteiger partial charge in [0, 0.05) is 11.8 Å². The highest BCUT2D eigenvalue weighted by molar-refractivity contribution is 5.95. The first-order valence-corrected chi connectivity index (χ1v) is 8.46. The summed E-state index contributed by atoms with van der Waals surface area (Å²) in [5.41, 5.74) is 1.69. The van der Waals surface area contributed by atoms with Gasteiger partial charge in [-0.1, -0.05) is 18.2 Å². The smallest absolute Gasteiger partial charge is 0.361 e. The zero-order valence-corrected chi connectivity index (χ0v) is 14.9. The summed E-state index contributed by atoms with van der Waals surface area (Å²) in [6.07, 6.45) is 0. The monoisotopic (exact) mass is 380 g/mol. The van der Waals surface area contributed by atoms with Crippen LogP contribution in [0.2, 0.25) is 0 Å². The van der Waals surface area contributed by atoms with Crippen LogP contribution in [0.5, 0.6) is 11.5 Å². The Morgan fingerprint density at radius 3 is 2.71 bits per heavy atom. The Balaban J connectivity index is 1.36. The number of hydrogen-bond donors (Lipinski definition) is 1. The zero-order valence-electron chi connectivity index (χ0n) is 14.9. The Bertz CT molecular complexity index is 1030. The van der Waals surface area contributed by atoms with E-state index in [-0.39, 0.29) is 12.5 Å². The van der Waals surface area contributed by atoms with Crippen molar-refractivity contribution < 1.29 is 23.8 Å². The molecule has 142 valence electrons. The fourth-order valence-electron chi connectivity index (χ4n) is 2.62. The van der Waals surface area contributed by atoms with Crippen LogP contribution in [0.15, 0.2) is 48.5 Å². The average Bonchev–Trinajstić information content (AvgIpc) is 3.33. The van der Waals surface area contributed by atoms with Crippen LogP contribution in [0.3, 0.4) is 0 Å². The summed E-state index contributed by atoms with van der Waals surface area (Å²) in [7, 11) is 0. The predicted octanol–water partition coefficient (Wildman–Crippen LogP) is 2.10. The number of rotatable bonds is 5.